The van der Waals surface area contributed by atoms with Crippen molar-refractivity contribution in [1.29, 1.82) is 0 Å². The Hall–Kier alpha value is -3.60. The molecule has 29 heavy (non-hydrogen) atoms. The first kappa shape index (κ1) is 18.7. The molecule has 4 rings (SSSR count). The van der Waals surface area contributed by atoms with Crippen molar-refractivity contribution in [2.24, 2.45) is 0 Å². The first-order valence-corrected chi connectivity index (χ1v) is 9.58. The maximum atomic E-state index is 12.7. The van der Waals surface area contributed by atoms with E-state index in [1.54, 1.807) is 36.4 Å². The molecule has 0 bridgehead atoms. The van der Waals surface area contributed by atoms with Crippen molar-refractivity contribution in [3.05, 3.63) is 96.1 Å². The summed E-state index contributed by atoms with van der Waals surface area (Å²) in [5.74, 6) is 0.467. The van der Waals surface area contributed by atoms with Crippen LogP contribution in [0, 0.1) is 0 Å². The van der Waals surface area contributed by atoms with Gasteiger partial charge in [-0.05, 0) is 49.2 Å². The van der Waals surface area contributed by atoms with Crippen LogP contribution in [-0.2, 0) is 9.53 Å². The van der Waals surface area contributed by atoms with Gasteiger partial charge in [0, 0.05) is 11.6 Å². The van der Waals surface area contributed by atoms with Crippen molar-refractivity contribution in [2.75, 3.05) is 0 Å². The van der Waals surface area contributed by atoms with Crippen LogP contribution in [0.25, 0.3) is 0 Å². The Labute approximate surface area is 169 Å². The smallest absolute Gasteiger partial charge is 0.339 e. The maximum Gasteiger partial charge on any atom is 0.339 e. The molecule has 1 aliphatic carbocycles. The van der Waals surface area contributed by atoms with E-state index >= 15 is 0 Å². The lowest BCUT2D eigenvalue weighted by molar-refractivity contribution is -0.130. The maximum absolute atomic E-state index is 12.7. The number of carbonyl (C=O) groups is 2. The summed E-state index contributed by atoms with van der Waals surface area (Å²) in [7, 11) is 0. The van der Waals surface area contributed by atoms with Crippen LogP contribution in [-0.4, -0.2) is 17.9 Å². The molecule has 0 saturated heterocycles. The average Bonchev–Trinajstić information content (AvgIpc) is 3.57. The first-order chi connectivity index (χ1) is 14.2. The van der Waals surface area contributed by atoms with Crippen molar-refractivity contribution in [2.45, 2.75) is 25.0 Å². The predicted octanol–water partition coefficient (Wildman–Crippen LogP) is 4.66. The van der Waals surface area contributed by atoms with E-state index in [1.165, 1.54) is 0 Å². The van der Waals surface area contributed by atoms with Crippen molar-refractivity contribution in [3.63, 3.8) is 0 Å². The van der Waals surface area contributed by atoms with Gasteiger partial charge in [0.2, 0.25) is 6.10 Å². The number of para-hydroxylation sites is 1. The zero-order valence-corrected chi connectivity index (χ0v) is 15.8. The standard InChI is InChI=1S/C24H21NO4/c26-23(25-19-13-14-19)22(17-7-3-1-4-8-17)29-24(27)18-11-15-21(16-12-18)28-20-9-5-2-6-10-20/h1-12,15-16,19,22H,13-14H2,(H,25,26)/t22-/m1/s1. The second-order valence-electron chi connectivity index (χ2n) is 6.92. The molecule has 1 N–H and O–H groups in total. The molecule has 0 unspecified atom stereocenters. The molecule has 1 atom stereocenters. The summed E-state index contributed by atoms with van der Waals surface area (Å²) >= 11 is 0. The van der Waals surface area contributed by atoms with Gasteiger partial charge in [0.1, 0.15) is 11.5 Å². The number of amides is 1. The van der Waals surface area contributed by atoms with Crippen LogP contribution in [0.2, 0.25) is 0 Å². The number of hydrogen-bond acceptors (Lipinski definition) is 4. The van der Waals surface area contributed by atoms with Crippen molar-refractivity contribution in [1.82, 2.24) is 5.32 Å². The van der Waals surface area contributed by atoms with Crippen LogP contribution in [0.15, 0.2) is 84.9 Å². The molecule has 0 heterocycles. The lowest BCUT2D eigenvalue weighted by Gasteiger charge is -2.18. The predicted molar refractivity (Wildman–Crippen MR) is 109 cm³/mol. The highest BCUT2D eigenvalue weighted by molar-refractivity contribution is 5.93. The van der Waals surface area contributed by atoms with Gasteiger partial charge in [0.05, 0.1) is 5.56 Å². The van der Waals surface area contributed by atoms with E-state index in [0.717, 1.165) is 12.8 Å². The second-order valence-corrected chi connectivity index (χ2v) is 6.92. The summed E-state index contributed by atoms with van der Waals surface area (Å²) in [6.07, 6.45) is 0.943. The normalized spacial score (nSPS) is 13.9. The summed E-state index contributed by atoms with van der Waals surface area (Å²) in [4.78, 5) is 25.3. The van der Waals surface area contributed by atoms with E-state index in [0.29, 0.717) is 22.6 Å². The third kappa shape index (κ3) is 5.02. The summed E-state index contributed by atoms with van der Waals surface area (Å²) < 4.78 is 11.3. The highest BCUT2D eigenvalue weighted by Gasteiger charge is 2.31. The molecule has 1 amide bonds. The fourth-order valence-electron chi connectivity index (χ4n) is 2.86. The molecule has 1 fully saturated rings. The lowest BCUT2D eigenvalue weighted by atomic mass is 10.1. The summed E-state index contributed by atoms with van der Waals surface area (Å²) in [6, 6.07) is 25.3. The van der Waals surface area contributed by atoms with E-state index in [-0.39, 0.29) is 11.9 Å². The van der Waals surface area contributed by atoms with Crippen LogP contribution in [0.3, 0.4) is 0 Å². The van der Waals surface area contributed by atoms with E-state index < -0.39 is 12.1 Å². The molecule has 5 nitrogen and oxygen atoms in total. The molecule has 5 heteroatoms. The quantitative estimate of drug-likeness (QED) is 0.599. The topological polar surface area (TPSA) is 64.6 Å². The monoisotopic (exact) mass is 387 g/mol. The van der Waals surface area contributed by atoms with Gasteiger partial charge in [-0.3, -0.25) is 4.79 Å². The Balaban J connectivity index is 1.46. The van der Waals surface area contributed by atoms with Crippen LogP contribution in [0.4, 0.5) is 0 Å². The van der Waals surface area contributed by atoms with Gasteiger partial charge in [0.15, 0.2) is 0 Å². The fourth-order valence-corrected chi connectivity index (χ4v) is 2.86. The highest BCUT2D eigenvalue weighted by Crippen LogP contribution is 2.25. The lowest BCUT2D eigenvalue weighted by Crippen LogP contribution is -2.33. The molecule has 0 aliphatic heterocycles. The number of ether oxygens (including phenoxy) is 2. The first-order valence-electron chi connectivity index (χ1n) is 9.58. The third-order valence-electron chi connectivity index (χ3n) is 4.56. The molecular formula is C24H21NO4. The highest BCUT2D eigenvalue weighted by atomic mass is 16.5. The van der Waals surface area contributed by atoms with Gasteiger partial charge < -0.3 is 14.8 Å². The zero-order chi connectivity index (χ0) is 20.1. The third-order valence-corrected chi connectivity index (χ3v) is 4.56. The Kier molecular flexibility index (Phi) is 5.56. The van der Waals surface area contributed by atoms with E-state index in [2.05, 4.69) is 5.32 Å². The number of carbonyl (C=O) groups excluding carboxylic acids is 2. The Morgan fingerprint density at radius 3 is 2.00 bits per heavy atom. The Morgan fingerprint density at radius 2 is 1.38 bits per heavy atom. The minimum atomic E-state index is -0.982. The van der Waals surface area contributed by atoms with Gasteiger partial charge in [-0.1, -0.05) is 48.5 Å². The van der Waals surface area contributed by atoms with E-state index in [4.69, 9.17) is 9.47 Å². The van der Waals surface area contributed by atoms with Crippen molar-refractivity contribution >= 4 is 11.9 Å². The molecule has 0 aromatic heterocycles. The number of nitrogens with one attached hydrogen (secondary N) is 1. The van der Waals surface area contributed by atoms with Crippen LogP contribution in [0.5, 0.6) is 11.5 Å². The molecule has 0 radical (unpaired) electrons. The van der Waals surface area contributed by atoms with Gasteiger partial charge >= 0.3 is 5.97 Å². The summed E-state index contributed by atoms with van der Waals surface area (Å²) in [5, 5.41) is 2.91. The minimum Gasteiger partial charge on any atom is -0.457 e. The summed E-state index contributed by atoms with van der Waals surface area (Å²) in [5.41, 5.74) is 0.994. The molecule has 0 spiro atoms. The number of hydrogen-bond donors (Lipinski definition) is 1. The average molecular weight is 387 g/mol. The molecule has 146 valence electrons. The van der Waals surface area contributed by atoms with E-state index in [1.807, 2.05) is 48.5 Å². The molecule has 1 saturated carbocycles. The van der Waals surface area contributed by atoms with Gasteiger partial charge in [-0.2, -0.15) is 0 Å². The fraction of sp³-hybridized carbons (Fsp3) is 0.167. The molecule has 1 aliphatic rings. The zero-order valence-electron chi connectivity index (χ0n) is 15.8. The number of benzene rings is 3. The van der Waals surface area contributed by atoms with Crippen LogP contribution < -0.4 is 10.1 Å². The van der Waals surface area contributed by atoms with Crippen LogP contribution in [0.1, 0.15) is 34.9 Å². The van der Waals surface area contributed by atoms with Gasteiger partial charge in [-0.25, -0.2) is 4.79 Å². The van der Waals surface area contributed by atoms with Crippen molar-refractivity contribution in [3.8, 4) is 11.5 Å². The molecular weight excluding hydrogens is 366 g/mol. The Bertz CT molecular complexity index is 967. The Morgan fingerprint density at radius 1 is 0.793 bits per heavy atom. The minimum absolute atomic E-state index is 0.182. The van der Waals surface area contributed by atoms with Gasteiger partial charge in [-0.15, -0.1) is 0 Å². The number of rotatable bonds is 7. The largest absolute Gasteiger partial charge is 0.457 e. The van der Waals surface area contributed by atoms with Gasteiger partial charge in [0.25, 0.3) is 5.91 Å². The summed E-state index contributed by atoms with van der Waals surface area (Å²) in [6.45, 7) is 0. The van der Waals surface area contributed by atoms with Crippen LogP contribution >= 0.6 is 0 Å². The second kappa shape index (κ2) is 8.61. The van der Waals surface area contributed by atoms with E-state index in [9.17, 15) is 9.59 Å². The number of esters is 1. The molecule has 3 aromatic carbocycles. The van der Waals surface area contributed by atoms with Crippen molar-refractivity contribution < 1.29 is 19.1 Å². The molecule has 3 aromatic rings. The SMILES string of the molecule is O=C(O[C@@H](C(=O)NC1CC1)c1ccccc1)c1ccc(Oc2ccccc2)cc1.